The molecule has 0 heterocycles. The zero-order valence-corrected chi connectivity index (χ0v) is 9.95. The van der Waals surface area contributed by atoms with Crippen LogP contribution in [0.2, 0.25) is 0 Å². The summed E-state index contributed by atoms with van der Waals surface area (Å²) in [5.41, 5.74) is 0. The minimum absolute atomic E-state index is 0.289. The molecule has 3 nitrogen and oxygen atoms in total. The minimum atomic E-state index is 0.289. The van der Waals surface area contributed by atoms with Crippen LogP contribution in [0.1, 0.15) is 44.9 Å². The van der Waals surface area contributed by atoms with Gasteiger partial charge in [-0.15, -0.1) is 0 Å². The van der Waals surface area contributed by atoms with Crippen LogP contribution in [0.25, 0.3) is 0 Å². The average molecular weight is 225 g/mol. The number of hydrogen-bond acceptors (Lipinski definition) is 2. The summed E-state index contributed by atoms with van der Waals surface area (Å²) in [6.07, 6.45) is 8.01. The molecule has 0 aromatic rings. The van der Waals surface area contributed by atoms with Gasteiger partial charge in [0.1, 0.15) is 0 Å². The number of unbranched alkanes of at least 4 members (excludes halogenated alkanes) is 3. The van der Waals surface area contributed by atoms with Crippen LogP contribution in [0.5, 0.6) is 0 Å². The molecule has 2 saturated carbocycles. The molecule has 16 heavy (non-hydrogen) atoms. The second-order valence-electron chi connectivity index (χ2n) is 5.21. The molecule has 0 bridgehead atoms. The first-order chi connectivity index (χ1) is 7.84. The second kappa shape index (κ2) is 5.67. The molecule has 2 aliphatic carbocycles. The highest BCUT2D eigenvalue weighted by Gasteiger charge is 2.56. The molecule has 0 saturated heterocycles. The van der Waals surface area contributed by atoms with Crippen molar-refractivity contribution in [2.45, 2.75) is 44.9 Å². The van der Waals surface area contributed by atoms with Crippen molar-refractivity contribution in [3.63, 3.8) is 0 Å². The van der Waals surface area contributed by atoms with Gasteiger partial charge >= 0.3 is 0 Å². The number of aliphatic hydroxyl groups is 1. The fourth-order valence-corrected chi connectivity index (χ4v) is 3.13. The van der Waals surface area contributed by atoms with E-state index in [1.165, 1.54) is 19.3 Å². The number of carbonyl (C=O) groups is 1. The molecule has 0 radical (unpaired) electrons. The maximum Gasteiger partial charge on any atom is 0.223 e. The Hall–Kier alpha value is -0.570. The van der Waals surface area contributed by atoms with Gasteiger partial charge in [-0.05, 0) is 37.5 Å². The van der Waals surface area contributed by atoms with Gasteiger partial charge in [0.15, 0.2) is 0 Å². The molecule has 92 valence electrons. The molecule has 2 unspecified atom stereocenters. The number of aliphatic hydroxyl groups excluding tert-OH is 1. The lowest BCUT2D eigenvalue weighted by molar-refractivity contribution is -0.123. The van der Waals surface area contributed by atoms with E-state index in [1.807, 2.05) is 0 Å². The van der Waals surface area contributed by atoms with Crippen molar-refractivity contribution in [3.05, 3.63) is 0 Å². The van der Waals surface area contributed by atoms with E-state index in [4.69, 9.17) is 5.11 Å². The quantitative estimate of drug-likeness (QED) is 0.648. The number of rotatable bonds is 7. The van der Waals surface area contributed by atoms with Gasteiger partial charge < -0.3 is 10.4 Å². The standard InChI is InChI=1S/C13H23NO2/c15-9-4-2-1-3-8-14-13(16)12-10-6-5-7-11(10)12/h10-12,15H,1-9H2,(H,14,16). The smallest absolute Gasteiger partial charge is 0.223 e. The lowest BCUT2D eigenvalue weighted by atomic mass is 10.1. The summed E-state index contributed by atoms with van der Waals surface area (Å²) in [6, 6.07) is 0. The normalized spacial score (nSPS) is 31.2. The van der Waals surface area contributed by atoms with E-state index in [-0.39, 0.29) is 6.61 Å². The van der Waals surface area contributed by atoms with Gasteiger partial charge in [-0.3, -0.25) is 4.79 Å². The molecular formula is C13H23NO2. The van der Waals surface area contributed by atoms with Gasteiger partial charge in [-0.1, -0.05) is 19.3 Å². The Morgan fingerprint density at radius 2 is 1.81 bits per heavy atom. The first-order valence-electron chi connectivity index (χ1n) is 6.73. The number of amides is 1. The Labute approximate surface area is 97.6 Å². The summed E-state index contributed by atoms with van der Waals surface area (Å²) in [4.78, 5) is 11.8. The van der Waals surface area contributed by atoms with Crippen LogP contribution < -0.4 is 5.32 Å². The maximum atomic E-state index is 11.8. The molecule has 2 rings (SSSR count). The van der Waals surface area contributed by atoms with Crippen LogP contribution in [0, 0.1) is 17.8 Å². The fourth-order valence-electron chi connectivity index (χ4n) is 3.13. The Morgan fingerprint density at radius 1 is 1.12 bits per heavy atom. The topological polar surface area (TPSA) is 49.3 Å². The molecular weight excluding hydrogens is 202 g/mol. The van der Waals surface area contributed by atoms with Crippen molar-refractivity contribution >= 4 is 5.91 Å². The van der Waals surface area contributed by atoms with Gasteiger partial charge in [-0.25, -0.2) is 0 Å². The van der Waals surface area contributed by atoms with Gasteiger partial charge in [-0.2, -0.15) is 0 Å². The van der Waals surface area contributed by atoms with E-state index in [2.05, 4.69) is 5.32 Å². The SMILES string of the molecule is O=C(NCCCCCCO)C1C2CCCC21. The first-order valence-corrected chi connectivity index (χ1v) is 6.73. The Bertz CT molecular complexity index is 232. The minimum Gasteiger partial charge on any atom is -0.396 e. The van der Waals surface area contributed by atoms with Gasteiger partial charge in [0.25, 0.3) is 0 Å². The van der Waals surface area contributed by atoms with Crippen molar-refractivity contribution < 1.29 is 9.90 Å². The average Bonchev–Trinajstić information content (AvgIpc) is 2.77. The largest absolute Gasteiger partial charge is 0.396 e. The Kier molecular flexibility index (Phi) is 4.22. The van der Waals surface area contributed by atoms with Gasteiger partial charge in [0.2, 0.25) is 5.91 Å². The summed E-state index contributed by atoms with van der Waals surface area (Å²) in [5, 5.41) is 11.7. The predicted molar refractivity (Wildman–Crippen MR) is 62.9 cm³/mol. The van der Waals surface area contributed by atoms with Crippen LogP contribution in [0.15, 0.2) is 0 Å². The summed E-state index contributed by atoms with van der Waals surface area (Å²) < 4.78 is 0. The third kappa shape index (κ3) is 2.76. The second-order valence-corrected chi connectivity index (χ2v) is 5.21. The first kappa shape index (κ1) is 11.9. The number of hydrogen-bond donors (Lipinski definition) is 2. The van der Waals surface area contributed by atoms with Crippen LogP contribution in [0.3, 0.4) is 0 Å². The number of carbonyl (C=O) groups excluding carboxylic acids is 1. The molecule has 0 aliphatic heterocycles. The van der Waals surface area contributed by atoms with Crippen LogP contribution in [0.4, 0.5) is 0 Å². The highest BCUT2D eigenvalue weighted by atomic mass is 16.2. The van der Waals surface area contributed by atoms with Crippen LogP contribution in [-0.2, 0) is 4.79 Å². The highest BCUT2D eigenvalue weighted by Crippen LogP contribution is 2.57. The molecule has 2 aliphatic rings. The summed E-state index contributed by atoms with van der Waals surface area (Å²) >= 11 is 0. The van der Waals surface area contributed by atoms with E-state index in [9.17, 15) is 4.79 Å². The van der Waals surface area contributed by atoms with Crippen molar-refractivity contribution in [2.24, 2.45) is 17.8 Å². The zero-order chi connectivity index (χ0) is 11.4. The fraction of sp³-hybridized carbons (Fsp3) is 0.923. The number of fused-ring (bicyclic) bond motifs is 1. The Balaban J connectivity index is 1.49. The zero-order valence-electron chi connectivity index (χ0n) is 9.95. The van der Waals surface area contributed by atoms with Crippen LogP contribution >= 0.6 is 0 Å². The lowest BCUT2D eigenvalue weighted by Crippen LogP contribution is -2.27. The molecule has 0 aromatic carbocycles. The van der Waals surface area contributed by atoms with Gasteiger partial charge in [0.05, 0.1) is 0 Å². The lowest BCUT2D eigenvalue weighted by Gasteiger charge is -2.06. The monoisotopic (exact) mass is 225 g/mol. The maximum absolute atomic E-state index is 11.8. The summed E-state index contributed by atoms with van der Waals surface area (Å²) in [6.45, 7) is 1.11. The van der Waals surface area contributed by atoms with E-state index < -0.39 is 0 Å². The van der Waals surface area contributed by atoms with Crippen molar-refractivity contribution in [2.75, 3.05) is 13.2 Å². The van der Waals surface area contributed by atoms with Gasteiger partial charge in [0, 0.05) is 19.1 Å². The molecule has 0 spiro atoms. The molecule has 3 heteroatoms. The van der Waals surface area contributed by atoms with Crippen molar-refractivity contribution in [1.82, 2.24) is 5.32 Å². The summed E-state index contributed by atoms with van der Waals surface area (Å²) in [7, 11) is 0. The van der Waals surface area contributed by atoms with E-state index >= 15 is 0 Å². The third-order valence-corrected chi connectivity index (χ3v) is 4.09. The number of nitrogens with one attached hydrogen (secondary N) is 1. The van der Waals surface area contributed by atoms with Crippen LogP contribution in [-0.4, -0.2) is 24.2 Å². The van der Waals surface area contributed by atoms with Crippen molar-refractivity contribution in [3.8, 4) is 0 Å². The molecule has 0 aromatic heterocycles. The predicted octanol–water partition coefficient (Wildman–Crippen LogP) is 1.70. The Morgan fingerprint density at radius 3 is 2.50 bits per heavy atom. The van der Waals surface area contributed by atoms with E-state index in [0.29, 0.717) is 11.8 Å². The van der Waals surface area contributed by atoms with Crippen molar-refractivity contribution in [1.29, 1.82) is 0 Å². The molecule has 2 N–H and O–H groups in total. The summed E-state index contributed by atoms with van der Waals surface area (Å²) in [5.74, 6) is 2.13. The van der Waals surface area contributed by atoms with E-state index in [0.717, 1.165) is 44.1 Å². The molecule has 2 atom stereocenters. The molecule has 1 amide bonds. The molecule has 2 fully saturated rings. The van der Waals surface area contributed by atoms with E-state index in [1.54, 1.807) is 0 Å². The highest BCUT2D eigenvalue weighted by molar-refractivity contribution is 5.82. The third-order valence-electron chi connectivity index (χ3n) is 4.09.